The van der Waals surface area contributed by atoms with Crippen molar-refractivity contribution < 1.29 is 18.1 Å². The molecule has 0 aliphatic rings. The number of anilines is 2. The van der Waals surface area contributed by atoms with Crippen molar-refractivity contribution in [2.75, 3.05) is 29.5 Å². The summed E-state index contributed by atoms with van der Waals surface area (Å²) < 4.78 is 35.9. The van der Waals surface area contributed by atoms with Crippen LogP contribution in [0.4, 0.5) is 30.2 Å². The summed E-state index contributed by atoms with van der Waals surface area (Å²) >= 11 is -0.166. The third-order valence-corrected chi connectivity index (χ3v) is 3.00. The Bertz CT molecular complexity index is 469. The second kappa shape index (κ2) is 7.22. The molecule has 112 valence electrons. The van der Waals surface area contributed by atoms with Gasteiger partial charge in [0, 0.05) is 18.8 Å². The van der Waals surface area contributed by atoms with Gasteiger partial charge >= 0.3 is 11.2 Å². The molecule has 0 aromatic heterocycles. The number of hydrogen-bond acceptors (Lipinski definition) is 5. The zero-order valence-corrected chi connectivity index (χ0v) is 11.5. The molecule has 0 bridgehead atoms. The summed E-state index contributed by atoms with van der Waals surface area (Å²) in [6, 6.07) is 4.62. The van der Waals surface area contributed by atoms with Gasteiger partial charge in [-0.1, -0.05) is 6.07 Å². The number of rotatable bonds is 7. The van der Waals surface area contributed by atoms with E-state index in [9.17, 15) is 23.3 Å². The Hall–Kier alpha value is -1.64. The van der Waals surface area contributed by atoms with Crippen LogP contribution in [0.15, 0.2) is 18.2 Å². The van der Waals surface area contributed by atoms with Gasteiger partial charge in [0.05, 0.1) is 4.92 Å². The van der Waals surface area contributed by atoms with Gasteiger partial charge in [0.15, 0.2) is 0 Å². The first kappa shape index (κ1) is 16.4. The van der Waals surface area contributed by atoms with Crippen LogP contribution in [0.1, 0.15) is 6.92 Å². The van der Waals surface area contributed by atoms with E-state index in [1.807, 2.05) is 0 Å². The summed E-state index contributed by atoms with van der Waals surface area (Å²) in [5.74, 6) is -0.216. The molecule has 0 heterocycles. The molecule has 1 rings (SSSR count). The van der Waals surface area contributed by atoms with Crippen LogP contribution in [-0.4, -0.2) is 29.3 Å². The van der Waals surface area contributed by atoms with Crippen LogP contribution in [-0.2, 0) is 0 Å². The number of alkyl halides is 3. The third-order valence-electron chi connectivity index (χ3n) is 2.27. The van der Waals surface area contributed by atoms with Crippen LogP contribution in [0.25, 0.3) is 0 Å². The van der Waals surface area contributed by atoms with Gasteiger partial charge in [-0.2, -0.15) is 13.2 Å². The van der Waals surface area contributed by atoms with Crippen LogP contribution in [0.5, 0.6) is 0 Å². The minimum Gasteiger partial charge on any atom is -0.380 e. The van der Waals surface area contributed by atoms with E-state index in [2.05, 4.69) is 10.6 Å². The number of para-hydroxylation sites is 1. The molecule has 20 heavy (non-hydrogen) atoms. The number of hydrogen-bond donors (Lipinski definition) is 2. The summed E-state index contributed by atoms with van der Waals surface area (Å²) in [6.45, 7) is 2.29. The highest BCUT2D eigenvalue weighted by atomic mass is 32.2. The monoisotopic (exact) mass is 309 g/mol. The number of halogens is 3. The number of nitro benzene ring substituents is 1. The van der Waals surface area contributed by atoms with Crippen molar-refractivity contribution in [1.82, 2.24) is 0 Å². The molecule has 0 radical (unpaired) electrons. The predicted octanol–water partition coefficient (Wildman–Crippen LogP) is 3.69. The van der Waals surface area contributed by atoms with E-state index < -0.39 is 10.4 Å². The van der Waals surface area contributed by atoms with E-state index >= 15 is 0 Å². The Kier molecular flexibility index (Phi) is 5.93. The zero-order chi connectivity index (χ0) is 15.2. The van der Waals surface area contributed by atoms with Gasteiger partial charge in [0.2, 0.25) is 0 Å². The maximum absolute atomic E-state index is 12.0. The summed E-state index contributed by atoms with van der Waals surface area (Å²) in [4.78, 5) is 10.5. The molecule has 0 saturated heterocycles. The van der Waals surface area contributed by atoms with E-state index in [0.29, 0.717) is 12.2 Å². The van der Waals surface area contributed by atoms with E-state index in [-0.39, 0.29) is 35.4 Å². The Morgan fingerprint density at radius 3 is 2.40 bits per heavy atom. The molecule has 1 aromatic rings. The average Bonchev–Trinajstić information content (AvgIpc) is 2.33. The predicted molar refractivity (Wildman–Crippen MR) is 74.3 cm³/mol. The molecule has 0 amide bonds. The highest BCUT2D eigenvalue weighted by molar-refractivity contribution is 8.00. The SMILES string of the molecule is CCNc1cccc(NCCSC(F)(F)F)c1[N+](=O)[O-]. The summed E-state index contributed by atoms with van der Waals surface area (Å²) in [5, 5.41) is 16.6. The fraction of sp³-hybridized carbons (Fsp3) is 0.455. The summed E-state index contributed by atoms with van der Waals surface area (Å²) in [7, 11) is 0. The minimum absolute atomic E-state index is 0.0133. The molecule has 2 N–H and O–H groups in total. The van der Waals surface area contributed by atoms with Crippen molar-refractivity contribution in [3.05, 3.63) is 28.3 Å². The zero-order valence-electron chi connectivity index (χ0n) is 10.7. The summed E-state index contributed by atoms with van der Waals surface area (Å²) in [6.07, 6.45) is 0. The number of thioether (sulfide) groups is 1. The Balaban J connectivity index is 2.74. The molecule has 0 aliphatic carbocycles. The molecule has 9 heteroatoms. The number of nitro groups is 1. The third kappa shape index (κ3) is 5.16. The van der Waals surface area contributed by atoms with Gasteiger partial charge in [0.1, 0.15) is 11.4 Å². The van der Waals surface area contributed by atoms with Gasteiger partial charge in [0.25, 0.3) is 0 Å². The van der Waals surface area contributed by atoms with Crippen LogP contribution in [0.2, 0.25) is 0 Å². The lowest BCUT2D eigenvalue weighted by Crippen LogP contribution is -2.11. The maximum atomic E-state index is 12.0. The largest absolute Gasteiger partial charge is 0.441 e. The van der Waals surface area contributed by atoms with E-state index in [0.717, 1.165) is 0 Å². The molecule has 0 fully saturated rings. The molecule has 0 unspecified atom stereocenters. The Morgan fingerprint density at radius 1 is 1.30 bits per heavy atom. The van der Waals surface area contributed by atoms with Gasteiger partial charge in [-0.3, -0.25) is 10.1 Å². The van der Waals surface area contributed by atoms with Crippen LogP contribution >= 0.6 is 11.8 Å². The maximum Gasteiger partial charge on any atom is 0.441 e. The van der Waals surface area contributed by atoms with Crippen molar-refractivity contribution in [1.29, 1.82) is 0 Å². The molecule has 0 aliphatic heterocycles. The fourth-order valence-corrected chi connectivity index (χ4v) is 2.00. The second-order valence-corrected chi connectivity index (χ2v) is 4.87. The molecule has 0 saturated carbocycles. The standard InChI is InChI=1S/C11H14F3N3O2S/c1-2-15-8-4-3-5-9(10(8)17(18)19)16-6-7-20-11(12,13)14/h3-5,15-16H,2,6-7H2,1H3. The molecule has 5 nitrogen and oxygen atoms in total. The van der Waals surface area contributed by atoms with Gasteiger partial charge < -0.3 is 10.6 Å². The smallest absolute Gasteiger partial charge is 0.380 e. The first-order valence-corrected chi connectivity index (χ1v) is 6.79. The van der Waals surface area contributed by atoms with Crippen molar-refractivity contribution in [2.45, 2.75) is 12.4 Å². The molecule has 0 spiro atoms. The van der Waals surface area contributed by atoms with Crippen molar-refractivity contribution >= 4 is 28.8 Å². The molecular formula is C11H14F3N3O2S. The minimum atomic E-state index is -4.29. The van der Waals surface area contributed by atoms with Crippen molar-refractivity contribution in [2.24, 2.45) is 0 Å². The van der Waals surface area contributed by atoms with Gasteiger partial charge in [-0.25, -0.2) is 0 Å². The average molecular weight is 309 g/mol. The van der Waals surface area contributed by atoms with E-state index in [1.54, 1.807) is 19.1 Å². The highest BCUT2D eigenvalue weighted by Gasteiger charge is 2.27. The van der Waals surface area contributed by atoms with E-state index in [4.69, 9.17) is 0 Å². The second-order valence-electron chi connectivity index (χ2n) is 3.71. The quantitative estimate of drug-likeness (QED) is 0.457. The summed E-state index contributed by atoms with van der Waals surface area (Å²) in [5.41, 5.74) is -3.91. The van der Waals surface area contributed by atoms with Gasteiger partial charge in [-0.15, -0.1) is 0 Å². The van der Waals surface area contributed by atoms with Crippen molar-refractivity contribution in [3.8, 4) is 0 Å². The van der Waals surface area contributed by atoms with E-state index in [1.165, 1.54) is 6.07 Å². The molecule has 0 atom stereocenters. The van der Waals surface area contributed by atoms with Crippen LogP contribution < -0.4 is 10.6 Å². The van der Waals surface area contributed by atoms with Crippen LogP contribution in [0.3, 0.4) is 0 Å². The normalized spacial score (nSPS) is 11.2. The first-order valence-electron chi connectivity index (χ1n) is 5.81. The molecule has 1 aromatic carbocycles. The van der Waals surface area contributed by atoms with Crippen molar-refractivity contribution in [3.63, 3.8) is 0 Å². The van der Waals surface area contributed by atoms with Gasteiger partial charge in [-0.05, 0) is 30.8 Å². The topological polar surface area (TPSA) is 67.2 Å². The molecular weight excluding hydrogens is 295 g/mol. The highest BCUT2D eigenvalue weighted by Crippen LogP contribution is 2.33. The Labute approximate surface area is 118 Å². The Morgan fingerprint density at radius 2 is 1.90 bits per heavy atom. The lowest BCUT2D eigenvalue weighted by atomic mass is 10.2. The number of nitrogens with zero attached hydrogens (tertiary/aromatic N) is 1. The lowest BCUT2D eigenvalue weighted by Gasteiger charge is -2.11. The lowest BCUT2D eigenvalue weighted by molar-refractivity contribution is -0.383. The van der Waals surface area contributed by atoms with Crippen LogP contribution in [0, 0.1) is 10.1 Å². The fourth-order valence-electron chi connectivity index (χ4n) is 1.57. The number of benzene rings is 1. The first-order chi connectivity index (χ1) is 9.35. The number of nitrogens with one attached hydrogen (secondary N) is 2.